The Kier molecular flexibility index (Phi) is 3.35. The van der Waals surface area contributed by atoms with E-state index in [0.717, 1.165) is 0 Å². The molecule has 3 heteroatoms. The van der Waals surface area contributed by atoms with E-state index in [1.807, 2.05) is 13.8 Å². The van der Waals surface area contributed by atoms with Crippen molar-refractivity contribution in [3.8, 4) is 5.75 Å². The topological polar surface area (TPSA) is 29.5 Å². The Balaban J connectivity index is 3.28. The van der Waals surface area contributed by atoms with Crippen molar-refractivity contribution in [2.45, 2.75) is 26.4 Å². The number of halogens is 1. The molecule has 0 aliphatic carbocycles. The standard InChI is InChI=1S/C12H17FO2/c1-8(2)12(3,14)10-7-9(13)5-6-11(10)15-4/h5-8,14H,1-4H3/t12-/m1/s1. The maximum Gasteiger partial charge on any atom is 0.125 e. The lowest BCUT2D eigenvalue weighted by molar-refractivity contribution is 0.00667. The first-order valence-electron chi connectivity index (χ1n) is 4.96. The van der Waals surface area contributed by atoms with Crippen LogP contribution >= 0.6 is 0 Å². The van der Waals surface area contributed by atoms with Gasteiger partial charge in [0.15, 0.2) is 0 Å². The number of ether oxygens (including phenoxy) is 1. The molecule has 1 N–H and O–H groups in total. The van der Waals surface area contributed by atoms with Crippen LogP contribution in [0.1, 0.15) is 26.3 Å². The van der Waals surface area contributed by atoms with Gasteiger partial charge in [0.25, 0.3) is 0 Å². The number of hydrogen-bond donors (Lipinski definition) is 1. The Morgan fingerprint density at radius 2 is 2.00 bits per heavy atom. The molecule has 1 atom stereocenters. The van der Waals surface area contributed by atoms with E-state index in [1.54, 1.807) is 6.92 Å². The predicted octanol–water partition coefficient (Wildman–Crippen LogP) is 2.70. The molecule has 2 nitrogen and oxygen atoms in total. The summed E-state index contributed by atoms with van der Waals surface area (Å²) in [5, 5.41) is 10.3. The van der Waals surface area contributed by atoms with Crippen LogP contribution in [0.15, 0.2) is 18.2 Å². The lowest BCUT2D eigenvalue weighted by Gasteiger charge is -2.29. The summed E-state index contributed by atoms with van der Waals surface area (Å²) < 4.78 is 18.2. The van der Waals surface area contributed by atoms with Gasteiger partial charge < -0.3 is 9.84 Å². The van der Waals surface area contributed by atoms with Crippen molar-refractivity contribution in [3.63, 3.8) is 0 Å². The van der Waals surface area contributed by atoms with Crippen molar-refractivity contribution in [1.82, 2.24) is 0 Å². The number of benzene rings is 1. The Morgan fingerprint density at radius 3 is 2.47 bits per heavy atom. The molecule has 0 unspecified atom stereocenters. The van der Waals surface area contributed by atoms with E-state index in [-0.39, 0.29) is 11.7 Å². The van der Waals surface area contributed by atoms with E-state index in [0.29, 0.717) is 11.3 Å². The van der Waals surface area contributed by atoms with Gasteiger partial charge in [0.05, 0.1) is 12.7 Å². The highest BCUT2D eigenvalue weighted by molar-refractivity contribution is 5.38. The lowest BCUT2D eigenvalue weighted by atomic mass is 9.84. The average Bonchev–Trinajstić information content (AvgIpc) is 2.17. The zero-order valence-corrected chi connectivity index (χ0v) is 9.54. The molecular formula is C12H17FO2. The van der Waals surface area contributed by atoms with Gasteiger partial charge in [0.1, 0.15) is 11.6 Å². The number of aliphatic hydroxyl groups is 1. The Morgan fingerprint density at radius 1 is 1.40 bits per heavy atom. The van der Waals surface area contributed by atoms with E-state index < -0.39 is 5.60 Å². The van der Waals surface area contributed by atoms with Crippen LogP contribution < -0.4 is 4.74 Å². The molecule has 0 amide bonds. The minimum Gasteiger partial charge on any atom is -0.496 e. The van der Waals surface area contributed by atoms with Crippen molar-refractivity contribution in [3.05, 3.63) is 29.6 Å². The molecule has 1 aromatic carbocycles. The van der Waals surface area contributed by atoms with Crippen LogP contribution in [0.4, 0.5) is 4.39 Å². The van der Waals surface area contributed by atoms with E-state index in [1.165, 1.54) is 25.3 Å². The molecule has 1 rings (SSSR count). The van der Waals surface area contributed by atoms with Crippen LogP contribution in [0.2, 0.25) is 0 Å². The first-order chi connectivity index (χ1) is 6.89. The average molecular weight is 212 g/mol. The van der Waals surface area contributed by atoms with E-state index in [4.69, 9.17) is 4.74 Å². The zero-order chi connectivity index (χ0) is 11.6. The molecule has 0 aliphatic rings. The summed E-state index contributed by atoms with van der Waals surface area (Å²) in [6.45, 7) is 5.42. The molecule has 84 valence electrons. The molecule has 0 radical (unpaired) electrons. The maximum atomic E-state index is 13.1. The van der Waals surface area contributed by atoms with Gasteiger partial charge in [-0.15, -0.1) is 0 Å². The largest absolute Gasteiger partial charge is 0.496 e. The molecule has 1 aromatic rings. The fourth-order valence-electron chi connectivity index (χ4n) is 1.39. The van der Waals surface area contributed by atoms with E-state index >= 15 is 0 Å². The summed E-state index contributed by atoms with van der Waals surface area (Å²) in [4.78, 5) is 0. The number of hydrogen-bond acceptors (Lipinski definition) is 2. The first kappa shape index (κ1) is 12.0. The molecule has 0 aromatic heterocycles. The van der Waals surface area contributed by atoms with Crippen LogP contribution in [0, 0.1) is 11.7 Å². The van der Waals surface area contributed by atoms with Crippen molar-refractivity contribution in [2.24, 2.45) is 5.92 Å². The van der Waals surface area contributed by atoms with Gasteiger partial charge in [-0.2, -0.15) is 0 Å². The Hall–Kier alpha value is -1.09. The van der Waals surface area contributed by atoms with Crippen LogP contribution in [0.3, 0.4) is 0 Å². The third-order valence-electron chi connectivity index (χ3n) is 2.83. The Labute approximate surface area is 89.7 Å². The fourth-order valence-corrected chi connectivity index (χ4v) is 1.39. The molecule has 0 spiro atoms. The molecular weight excluding hydrogens is 195 g/mol. The number of rotatable bonds is 3. The Bertz CT molecular complexity index is 345. The maximum absolute atomic E-state index is 13.1. The summed E-state index contributed by atoms with van der Waals surface area (Å²) in [7, 11) is 1.51. The third kappa shape index (κ3) is 2.29. The van der Waals surface area contributed by atoms with Gasteiger partial charge >= 0.3 is 0 Å². The highest BCUT2D eigenvalue weighted by Gasteiger charge is 2.30. The van der Waals surface area contributed by atoms with Crippen molar-refractivity contribution < 1.29 is 14.2 Å². The van der Waals surface area contributed by atoms with E-state index in [9.17, 15) is 9.50 Å². The van der Waals surface area contributed by atoms with Crippen LogP contribution in [-0.4, -0.2) is 12.2 Å². The second-order valence-corrected chi connectivity index (χ2v) is 4.15. The predicted molar refractivity (Wildman–Crippen MR) is 57.4 cm³/mol. The van der Waals surface area contributed by atoms with Crippen molar-refractivity contribution >= 4 is 0 Å². The van der Waals surface area contributed by atoms with E-state index in [2.05, 4.69) is 0 Å². The SMILES string of the molecule is COc1ccc(F)cc1[C@](C)(O)C(C)C. The lowest BCUT2D eigenvalue weighted by Crippen LogP contribution is -2.28. The fraction of sp³-hybridized carbons (Fsp3) is 0.500. The second-order valence-electron chi connectivity index (χ2n) is 4.15. The molecule has 0 saturated heterocycles. The molecule has 0 heterocycles. The molecule has 0 bridgehead atoms. The summed E-state index contributed by atoms with van der Waals surface area (Å²) in [6, 6.07) is 4.17. The molecule has 0 aliphatic heterocycles. The minimum absolute atomic E-state index is 0.0202. The number of methoxy groups -OCH3 is 1. The van der Waals surface area contributed by atoms with Crippen molar-refractivity contribution in [1.29, 1.82) is 0 Å². The van der Waals surface area contributed by atoms with Gasteiger partial charge in [0, 0.05) is 5.56 Å². The van der Waals surface area contributed by atoms with Gasteiger partial charge in [-0.1, -0.05) is 13.8 Å². The van der Waals surface area contributed by atoms with Crippen LogP contribution in [0.25, 0.3) is 0 Å². The first-order valence-corrected chi connectivity index (χ1v) is 4.96. The monoisotopic (exact) mass is 212 g/mol. The van der Waals surface area contributed by atoms with Gasteiger partial charge in [-0.05, 0) is 31.0 Å². The van der Waals surface area contributed by atoms with Gasteiger partial charge in [0.2, 0.25) is 0 Å². The normalized spacial score (nSPS) is 15.1. The minimum atomic E-state index is -1.09. The summed E-state index contributed by atoms with van der Waals surface area (Å²) in [5.41, 5.74) is -0.604. The second kappa shape index (κ2) is 4.19. The van der Waals surface area contributed by atoms with Crippen LogP contribution in [0.5, 0.6) is 5.75 Å². The highest BCUT2D eigenvalue weighted by atomic mass is 19.1. The zero-order valence-electron chi connectivity index (χ0n) is 9.54. The summed E-state index contributed by atoms with van der Waals surface area (Å²) in [6.07, 6.45) is 0. The quantitative estimate of drug-likeness (QED) is 0.834. The smallest absolute Gasteiger partial charge is 0.125 e. The summed E-state index contributed by atoms with van der Waals surface area (Å²) >= 11 is 0. The molecule has 15 heavy (non-hydrogen) atoms. The third-order valence-corrected chi connectivity index (χ3v) is 2.83. The molecule has 0 fully saturated rings. The van der Waals surface area contributed by atoms with Crippen LogP contribution in [-0.2, 0) is 5.60 Å². The van der Waals surface area contributed by atoms with Crippen molar-refractivity contribution in [2.75, 3.05) is 7.11 Å². The van der Waals surface area contributed by atoms with Gasteiger partial charge in [-0.3, -0.25) is 0 Å². The molecule has 0 saturated carbocycles. The highest BCUT2D eigenvalue weighted by Crippen LogP contribution is 2.35. The summed E-state index contributed by atoms with van der Waals surface area (Å²) in [5.74, 6) is 0.120. The van der Waals surface area contributed by atoms with Gasteiger partial charge in [-0.25, -0.2) is 4.39 Å².